The lowest BCUT2D eigenvalue weighted by Crippen LogP contribution is -2.57. The first-order valence-corrected chi connectivity index (χ1v) is 23.3. The van der Waals surface area contributed by atoms with Crippen molar-refractivity contribution in [2.75, 3.05) is 64.6 Å². The number of piperidine rings is 1. The minimum atomic E-state index is -0.397. The third-order valence-electron chi connectivity index (χ3n) is 14.0. The van der Waals surface area contributed by atoms with Crippen molar-refractivity contribution in [1.29, 1.82) is 0 Å². The Morgan fingerprint density at radius 2 is 1.77 bits per heavy atom. The van der Waals surface area contributed by atoms with E-state index in [1.807, 2.05) is 30.5 Å². The maximum atomic E-state index is 14.0. The number of aryl methyl sites for hydroxylation is 1. The third-order valence-corrected chi connectivity index (χ3v) is 14.0. The van der Waals surface area contributed by atoms with Crippen molar-refractivity contribution in [3.8, 4) is 11.3 Å². The molecule has 1 aromatic carbocycles. The van der Waals surface area contributed by atoms with Crippen LogP contribution in [0, 0.1) is 5.41 Å². The average Bonchev–Trinajstić information content (AvgIpc) is 3.79. The number of amides is 2. The number of fused-ring (bicyclic) bond motifs is 3. The molecule has 3 aliphatic heterocycles. The molecule has 2 saturated heterocycles. The molecule has 2 fully saturated rings. The first-order chi connectivity index (χ1) is 31.5. The van der Waals surface area contributed by atoms with E-state index in [0.717, 1.165) is 69.8 Å². The summed E-state index contributed by atoms with van der Waals surface area (Å²) in [6.45, 7) is 22.2. The van der Waals surface area contributed by atoms with Gasteiger partial charge in [0, 0.05) is 111 Å². The summed E-state index contributed by atoms with van der Waals surface area (Å²) in [5.74, 6) is -0.0756. The number of piperazine rings is 1. The van der Waals surface area contributed by atoms with Gasteiger partial charge in [0.2, 0.25) is 5.91 Å². The largest absolute Gasteiger partial charge is 0.392 e. The van der Waals surface area contributed by atoms with Crippen LogP contribution in [-0.2, 0) is 43.3 Å². The van der Waals surface area contributed by atoms with Gasteiger partial charge in [-0.05, 0) is 92.1 Å². The van der Waals surface area contributed by atoms with Gasteiger partial charge in [0.1, 0.15) is 11.5 Å². The van der Waals surface area contributed by atoms with Crippen LogP contribution in [0.2, 0.25) is 0 Å². The van der Waals surface area contributed by atoms with Gasteiger partial charge in [0.05, 0.1) is 35.6 Å². The van der Waals surface area contributed by atoms with E-state index in [1.165, 1.54) is 27.6 Å². The number of hydrogen-bond acceptors (Lipinski definition) is 11. The molecule has 15 nitrogen and oxygen atoms in total. The molecule has 0 saturated carbocycles. The molecule has 4 aliphatic rings. The van der Waals surface area contributed by atoms with Crippen LogP contribution < -0.4 is 30.9 Å². The van der Waals surface area contributed by atoms with E-state index in [1.54, 1.807) is 30.4 Å². The van der Waals surface area contributed by atoms with Crippen molar-refractivity contribution < 1.29 is 14.7 Å². The van der Waals surface area contributed by atoms with Gasteiger partial charge in [0.25, 0.3) is 11.5 Å². The SMILES string of the molecule is C=CC(=O)Nc1cc(Nc2nc(-c3ccnc(N4CCn5c(cc6c5CC(C)(C)C6)C4=O)c3CO)cn(C)c2=O)ccc1N1CCN(C2CCN(c3ccc(C(C)(C)C)nc3)CC2)CC1C. The quantitative estimate of drug-likeness (QED) is 0.129. The fraction of sp³-hybridized carbons (Fsp3) is 0.451. The summed E-state index contributed by atoms with van der Waals surface area (Å²) >= 11 is 0. The zero-order valence-electron chi connectivity index (χ0n) is 39.4. The highest BCUT2D eigenvalue weighted by Crippen LogP contribution is 2.41. The van der Waals surface area contributed by atoms with Gasteiger partial charge in [-0.25, -0.2) is 9.97 Å². The number of rotatable bonds is 10. The van der Waals surface area contributed by atoms with Gasteiger partial charge in [-0.15, -0.1) is 0 Å². The summed E-state index contributed by atoms with van der Waals surface area (Å²) in [6, 6.07) is 14.5. The fourth-order valence-corrected chi connectivity index (χ4v) is 10.5. The van der Waals surface area contributed by atoms with Gasteiger partial charge in [-0.3, -0.25) is 29.2 Å². The van der Waals surface area contributed by atoms with Crippen molar-refractivity contribution in [3.63, 3.8) is 0 Å². The first kappa shape index (κ1) is 44.9. The highest BCUT2D eigenvalue weighted by Gasteiger charge is 2.38. The smallest absolute Gasteiger partial charge is 0.293 e. The second-order valence-electron chi connectivity index (χ2n) is 20.3. The number of carbonyl (C=O) groups is 2. The van der Waals surface area contributed by atoms with Crippen molar-refractivity contribution in [2.24, 2.45) is 12.5 Å². The van der Waals surface area contributed by atoms with Crippen molar-refractivity contribution in [3.05, 3.63) is 112 Å². The normalized spacial score (nSPS) is 18.9. The minimum Gasteiger partial charge on any atom is -0.392 e. The standard InChI is InChI=1S/C51H63N11O4/c1-9-45(64)55-39-25-34(10-12-41(39)60-21-20-59(29-32(60)2)35-15-18-58(19-16-35)36-11-13-44(53-28-36)50(3,4)5)54-46-49(66)57(8)30-40(56-46)37-14-17-52-47(38(37)31-63)62-23-22-61-42(48(62)65)24-33-26-51(6,7)27-43(33)61/h9-14,17,24-25,28,30,32,35,63H,1,15-16,18-23,26-27,29,31H2,2-8H3,(H,54,56)(H,55,64). The zero-order chi connectivity index (χ0) is 46.7. The molecule has 2 amide bonds. The number of nitrogens with one attached hydrogen (secondary N) is 2. The predicted molar refractivity (Wildman–Crippen MR) is 261 cm³/mol. The van der Waals surface area contributed by atoms with E-state index < -0.39 is 6.61 Å². The Labute approximate surface area is 387 Å². The van der Waals surface area contributed by atoms with Crippen LogP contribution in [-0.4, -0.2) is 97.3 Å². The second kappa shape index (κ2) is 17.5. The molecular weight excluding hydrogens is 831 g/mol. The molecule has 0 bridgehead atoms. The molecule has 346 valence electrons. The Bertz CT molecular complexity index is 2740. The van der Waals surface area contributed by atoms with E-state index in [2.05, 4.69) is 95.1 Å². The molecule has 3 N–H and O–H groups in total. The van der Waals surface area contributed by atoms with E-state index in [0.29, 0.717) is 58.8 Å². The summed E-state index contributed by atoms with van der Waals surface area (Å²) in [4.78, 5) is 63.8. The predicted octanol–water partition coefficient (Wildman–Crippen LogP) is 6.66. The number of nitrogens with zero attached hydrogens (tertiary/aromatic N) is 9. The monoisotopic (exact) mass is 894 g/mol. The summed E-state index contributed by atoms with van der Waals surface area (Å²) in [5.41, 5.74) is 8.64. The maximum Gasteiger partial charge on any atom is 0.293 e. The number of benzene rings is 1. The van der Waals surface area contributed by atoms with Crippen LogP contribution in [0.15, 0.2) is 78.5 Å². The van der Waals surface area contributed by atoms with Crippen LogP contribution in [0.1, 0.15) is 87.4 Å². The molecular formula is C51H63N11O4. The summed E-state index contributed by atoms with van der Waals surface area (Å²) in [5, 5.41) is 17.1. The van der Waals surface area contributed by atoms with Crippen LogP contribution in [0.5, 0.6) is 0 Å². The van der Waals surface area contributed by atoms with Crippen molar-refractivity contribution in [2.45, 2.75) is 97.9 Å². The number of pyridine rings is 2. The van der Waals surface area contributed by atoms with E-state index in [9.17, 15) is 19.5 Å². The Balaban J connectivity index is 0.914. The number of aliphatic hydroxyl groups excluding tert-OH is 1. The number of carbonyl (C=O) groups excluding carboxylic acids is 2. The van der Waals surface area contributed by atoms with Crippen LogP contribution in [0.3, 0.4) is 0 Å². The number of hydrogen-bond donors (Lipinski definition) is 3. The lowest BCUT2D eigenvalue weighted by atomic mass is 9.90. The van der Waals surface area contributed by atoms with Gasteiger partial charge in [-0.2, -0.15) is 0 Å². The van der Waals surface area contributed by atoms with Gasteiger partial charge in [-0.1, -0.05) is 41.2 Å². The van der Waals surface area contributed by atoms with Gasteiger partial charge in [0.15, 0.2) is 5.82 Å². The molecule has 1 unspecified atom stereocenters. The molecule has 1 atom stereocenters. The zero-order valence-corrected chi connectivity index (χ0v) is 39.4. The van der Waals surface area contributed by atoms with Crippen LogP contribution in [0.4, 0.5) is 34.4 Å². The molecule has 0 spiro atoms. The minimum absolute atomic E-state index is 0.0255. The highest BCUT2D eigenvalue weighted by atomic mass is 16.3. The average molecular weight is 894 g/mol. The molecule has 66 heavy (non-hydrogen) atoms. The van der Waals surface area contributed by atoms with E-state index in [-0.39, 0.29) is 40.1 Å². The molecule has 9 rings (SSSR count). The summed E-state index contributed by atoms with van der Waals surface area (Å²) in [6.07, 6.45) is 10.5. The molecule has 5 aromatic rings. The molecule has 1 aliphatic carbocycles. The molecule has 7 heterocycles. The maximum absolute atomic E-state index is 14.0. The Morgan fingerprint density at radius 3 is 2.47 bits per heavy atom. The van der Waals surface area contributed by atoms with Crippen molar-refractivity contribution >= 4 is 46.2 Å². The van der Waals surface area contributed by atoms with Crippen molar-refractivity contribution in [1.82, 2.24) is 29.0 Å². The van der Waals surface area contributed by atoms with Gasteiger partial charge >= 0.3 is 0 Å². The third kappa shape index (κ3) is 8.61. The Morgan fingerprint density at radius 1 is 0.985 bits per heavy atom. The second-order valence-corrected chi connectivity index (χ2v) is 20.3. The van der Waals surface area contributed by atoms with Crippen LogP contribution in [0.25, 0.3) is 11.3 Å². The van der Waals surface area contributed by atoms with Gasteiger partial charge < -0.3 is 34.7 Å². The topological polar surface area (TPSA) is 157 Å². The summed E-state index contributed by atoms with van der Waals surface area (Å²) < 4.78 is 3.59. The number of anilines is 6. The molecule has 4 aromatic heterocycles. The lowest BCUT2D eigenvalue weighted by Gasteiger charge is -2.47. The number of aliphatic hydroxyl groups is 1. The lowest BCUT2D eigenvalue weighted by molar-refractivity contribution is -0.111. The van der Waals surface area contributed by atoms with E-state index in [4.69, 9.17) is 9.97 Å². The number of aromatic nitrogens is 5. The Kier molecular flexibility index (Phi) is 11.9. The molecule has 0 radical (unpaired) electrons. The van der Waals surface area contributed by atoms with Crippen LogP contribution >= 0.6 is 0 Å². The fourth-order valence-electron chi connectivity index (χ4n) is 10.5. The summed E-state index contributed by atoms with van der Waals surface area (Å²) in [7, 11) is 1.65. The Hall–Kier alpha value is -6.32. The van der Waals surface area contributed by atoms with E-state index >= 15 is 0 Å². The highest BCUT2D eigenvalue weighted by molar-refractivity contribution is 6.06. The first-order valence-electron chi connectivity index (χ1n) is 23.3. The molecule has 15 heteroatoms.